The van der Waals surface area contributed by atoms with Crippen LogP contribution in [0.4, 0.5) is 0 Å². The van der Waals surface area contributed by atoms with Gasteiger partial charge in [0.25, 0.3) is 0 Å². The van der Waals surface area contributed by atoms with Gasteiger partial charge in [-0.05, 0) is 29.5 Å². The Morgan fingerprint density at radius 3 is 1.91 bits per heavy atom. The topological polar surface area (TPSA) is 49.4 Å². The van der Waals surface area contributed by atoms with Gasteiger partial charge in [0.05, 0.1) is 0 Å². The lowest BCUT2D eigenvalue weighted by Gasteiger charge is -2.31. The predicted molar refractivity (Wildman–Crippen MR) is 138 cm³/mol. The molecule has 3 aromatic rings. The lowest BCUT2D eigenvalue weighted by molar-refractivity contribution is -0.141. The highest BCUT2D eigenvalue weighted by atomic mass is 16.2. The molecule has 178 valence electrons. The number of hydrogen-bond donors (Lipinski definition) is 1. The van der Waals surface area contributed by atoms with Gasteiger partial charge in [0.1, 0.15) is 6.04 Å². The average Bonchev–Trinajstić information content (AvgIpc) is 2.89. The molecule has 1 atom stereocenters. The molecule has 0 saturated carbocycles. The van der Waals surface area contributed by atoms with E-state index in [2.05, 4.69) is 12.2 Å². The van der Waals surface area contributed by atoms with Crippen molar-refractivity contribution in [1.29, 1.82) is 0 Å². The van der Waals surface area contributed by atoms with Crippen LogP contribution in [0, 0.1) is 0 Å². The minimum atomic E-state index is -0.562. The lowest BCUT2D eigenvalue weighted by atomic mass is 10.0. The summed E-state index contributed by atoms with van der Waals surface area (Å²) in [6, 6.07) is 29.4. The third kappa shape index (κ3) is 8.18. The predicted octanol–water partition coefficient (Wildman–Crippen LogP) is 5.57. The average molecular weight is 457 g/mol. The summed E-state index contributed by atoms with van der Waals surface area (Å²) in [6.45, 7) is 3.19. The van der Waals surface area contributed by atoms with Crippen molar-refractivity contribution in [3.05, 3.63) is 108 Å². The van der Waals surface area contributed by atoms with E-state index in [4.69, 9.17) is 0 Å². The summed E-state index contributed by atoms with van der Waals surface area (Å²) in [7, 11) is 0. The van der Waals surface area contributed by atoms with Crippen LogP contribution in [-0.2, 0) is 29.0 Å². The van der Waals surface area contributed by atoms with Crippen molar-refractivity contribution in [3.63, 3.8) is 0 Å². The molecule has 4 heteroatoms. The molecule has 0 saturated heterocycles. The number of hydrogen-bond acceptors (Lipinski definition) is 2. The molecule has 3 rings (SSSR count). The molecule has 0 heterocycles. The maximum absolute atomic E-state index is 13.6. The Bertz CT molecular complexity index is 990. The standard InChI is InChI=1S/C30H36N2O2/c1-2-3-13-22-31-30(34)28(23-26-16-9-5-10-17-26)32(24-27-18-11-6-12-19-27)29(33)21-20-25-14-7-4-8-15-25/h4-12,14-19,28H,2-3,13,20-24H2,1H3,(H,31,34)/t28-/m0/s1. The van der Waals surface area contributed by atoms with Crippen LogP contribution in [0.1, 0.15) is 49.3 Å². The van der Waals surface area contributed by atoms with Crippen LogP contribution in [0.2, 0.25) is 0 Å². The molecule has 0 aliphatic rings. The number of amides is 2. The minimum Gasteiger partial charge on any atom is -0.354 e. The molecule has 0 unspecified atom stereocenters. The Morgan fingerprint density at radius 2 is 1.32 bits per heavy atom. The van der Waals surface area contributed by atoms with E-state index in [0.29, 0.717) is 32.4 Å². The second kappa shape index (κ2) is 14.0. The Morgan fingerprint density at radius 1 is 0.765 bits per heavy atom. The Hall–Kier alpha value is -3.40. The molecule has 34 heavy (non-hydrogen) atoms. The van der Waals surface area contributed by atoms with Crippen LogP contribution in [-0.4, -0.2) is 29.3 Å². The molecule has 0 aromatic heterocycles. The van der Waals surface area contributed by atoms with Crippen molar-refractivity contribution in [1.82, 2.24) is 10.2 Å². The summed E-state index contributed by atoms with van der Waals surface area (Å²) in [4.78, 5) is 28.8. The molecule has 0 bridgehead atoms. The van der Waals surface area contributed by atoms with Crippen molar-refractivity contribution in [3.8, 4) is 0 Å². The van der Waals surface area contributed by atoms with E-state index in [9.17, 15) is 9.59 Å². The molecule has 0 radical (unpaired) electrons. The molecular formula is C30H36N2O2. The number of unbranched alkanes of at least 4 members (excludes halogenated alkanes) is 2. The molecule has 0 spiro atoms. The highest BCUT2D eigenvalue weighted by molar-refractivity contribution is 5.88. The Labute approximate surface area is 204 Å². The van der Waals surface area contributed by atoms with Crippen LogP contribution in [0.15, 0.2) is 91.0 Å². The first-order valence-corrected chi connectivity index (χ1v) is 12.4. The highest BCUT2D eigenvalue weighted by Crippen LogP contribution is 2.17. The van der Waals surface area contributed by atoms with E-state index in [1.54, 1.807) is 4.90 Å². The minimum absolute atomic E-state index is 0.00246. The molecule has 2 amide bonds. The van der Waals surface area contributed by atoms with Crippen LogP contribution in [0.25, 0.3) is 0 Å². The summed E-state index contributed by atoms with van der Waals surface area (Å²) in [5, 5.41) is 3.10. The number of nitrogens with zero attached hydrogens (tertiary/aromatic N) is 1. The molecule has 0 aliphatic heterocycles. The quantitative estimate of drug-likeness (QED) is 0.342. The summed E-state index contributed by atoms with van der Waals surface area (Å²) in [5.41, 5.74) is 3.19. The molecule has 4 nitrogen and oxygen atoms in total. The number of rotatable bonds is 13. The van der Waals surface area contributed by atoms with E-state index in [1.165, 1.54) is 0 Å². The third-order valence-electron chi connectivity index (χ3n) is 6.02. The van der Waals surface area contributed by atoms with Crippen molar-refractivity contribution in [2.45, 2.75) is 58.0 Å². The monoisotopic (exact) mass is 456 g/mol. The molecular weight excluding hydrogens is 420 g/mol. The zero-order valence-corrected chi connectivity index (χ0v) is 20.2. The fourth-order valence-electron chi connectivity index (χ4n) is 4.08. The van der Waals surface area contributed by atoms with Crippen LogP contribution in [0.3, 0.4) is 0 Å². The fraction of sp³-hybridized carbons (Fsp3) is 0.333. The van der Waals surface area contributed by atoms with Crippen molar-refractivity contribution < 1.29 is 9.59 Å². The van der Waals surface area contributed by atoms with Crippen molar-refractivity contribution in [2.24, 2.45) is 0 Å². The van der Waals surface area contributed by atoms with Crippen molar-refractivity contribution in [2.75, 3.05) is 6.54 Å². The summed E-state index contributed by atoms with van der Waals surface area (Å²) in [5.74, 6) is -0.0821. The number of aryl methyl sites for hydroxylation is 1. The van der Waals surface area contributed by atoms with Crippen LogP contribution < -0.4 is 5.32 Å². The Kier molecular flexibility index (Phi) is 10.4. The van der Waals surface area contributed by atoms with Gasteiger partial charge in [-0.25, -0.2) is 0 Å². The number of nitrogens with one attached hydrogen (secondary N) is 1. The summed E-state index contributed by atoms with van der Waals surface area (Å²) < 4.78 is 0. The van der Waals surface area contributed by atoms with E-state index in [1.807, 2.05) is 91.0 Å². The highest BCUT2D eigenvalue weighted by Gasteiger charge is 2.30. The van der Waals surface area contributed by atoms with Gasteiger partial charge in [-0.2, -0.15) is 0 Å². The molecule has 1 N–H and O–H groups in total. The molecule has 3 aromatic carbocycles. The second-order valence-electron chi connectivity index (χ2n) is 8.70. The van der Waals surface area contributed by atoms with E-state index >= 15 is 0 Å². The van der Waals surface area contributed by atoms with Crippen LogP contribution >= 0.6 is 0 Å². The van der Waals surface area contributed by atoms with Gasteiger partial charge in [-0.3, -0.25) is 9.59 Å². The number of benzene rings is 3. The summed E-state index contributed by atoms with van der Waals surface area (Å²) in [6.07, 6.45) is 4.63. The SMILES string of the molecule is CCCCCNC(=O)[C@H](Cc1ccccc1)N(Cc1ccccc1)C(=O)CCc1ccccc1. The zero-order chi connectivity index (χ0) is 24.0. The van der Waals surface area contributed by atoms with Gasteiger partial charge in [0.15, 0.2) is 0 Å². The van der Waals surface area contributed by atoms with Gasteiger partial charge in [0.2, 0.25) is 11.8 Å². The lowest BCUT2D eigenvalue weighted by Crippen LogP contribution is -2.50. The van der Waals surface area contributed by atoms with Gasteiger partial charge in [0, 0.05) is 25.9 Å². The van der Waals surface area contributed by atoms with E-state index in [-0.39, 0.29) is 11.8 Å². The van der Waals surface area contributed by atoms with Gasteiger partial charge >= 0.3 is 0 Å². The second-order valence-corrected chi connectivity index (χ2v) is 8.70. The van der Waals surface area contributed by atoms with E-state index < -0.39 is 6.04 Å². The third-order valence-corrected chi connectivity index (χ3v) is 6.02. The summed E-state index contributed by atoms with van der Waals surface area (Å²) >= 11 is 0. The maximum atomic E-state index is 13.6. The number of carbonyl (C=O) groups excluding carboxylic acids is 2. The van der Waals surface area contributed by atoms with Crippen LogP contribution in [0.5, 0.6) is 0 Å². The van der Waals surface area contributed by atoms with E-state index in [0.717, 1.165) is 36.0 Å². The molecule has 0 aliphatic carbocycles. The first-order valence-electron chi connectivity index (χ1n) is 12.4. The number of carbonyl (C=O) groups is 2. The zero-order valence-electron chi connectivity index (χ0n) is 20.2. The maximum Gasteiger partial charge on any atom is 0.243 e. The first kappa shape index (κ1) is 25.2. The normalized spacial score (nSPS) is 11.6. The molecule has 0 fully saturated rings. The fourth-order valence-corrected chi connectivity index (χ4v) is 4.08. The Balaban J connectivity index is 1.83. The van der Waals surface area contributed by atoms with Gasteiger partial charge in [-0.1, -0.05) is 111 Å². The van der Waals surface area contributed by atoms with Crippen molar-refractivity contribution >= 4 is 11.8 Å². The smallest absolute Gasteiger partial charge is 0.243 e. The van der Waals surface area contributed by atoms with Gasteiger partial charge < -0.3 is 10.2 Å². The largest absolute Gasteiger partial charge is 0.354 e. The van der Waals surface area contributed by atoms with Gasteiger partial charge in [-0.15, -0.1) is 0 Å². The first-order chi connectivity index (χ1) is 16.7.